The maximum Gasteiger partial charge on any atom is 0.0351 e. The summed E-state index contributed by atoms with van der Waals surface area (Å²) in [4.78, 5) is 5.14. The topological polar surface area (TPSA) is 6.48 Å². The quantitative estimate of drug-likeness (QED) is 0.660. The number of nitrogens with zero attached hydrogens (tertiary/aromatic N) is 2. The second kappa shape index (κ2) is 5.34. The summed E-state index contributed by atoms with van der Waals surface area (Å²) in [6.07, 6.45) is 4.27. The Balaban J connectivity index is 1.69. The monoisotopic (exact) mass is 216 g/mol. The molecule has 0 radical (unpaired) electrons. The summed E-state index contributed by atoms with van der Waals surface area (Å²) >= 11 is 5.76. The van der Waals surface area contributed by atoms with Crippen LogP contribution < -0.4 is 0 Å². The van der Waals surface area contributed by atoms with Crippen LogP contribution in [0, 0.1) is 5.92 Å². The van der Waals surface area contributed by atoms with Gasteiger partial charge in [-0.3, -0.25) is 0 Å². The Morgan fingerprint density at radius 3 is 2.43 bits per heavy atom. The molecule has 3 heteroatoms. The average Bonchev–Trinajstić information content (AvgIpc) is 2.97. The third kappa shape index (κ3) is 3.41. The van der Waals surface area contributed by atoms with Crippen molar-refractivity contribution in [3.05, 3.63) is 0 Å². The van der Waals surface area contributed by atoms with E-state index in [1.54, 1.807) is 0 Å². The van der Waals surface area contributed by atoms with Crippen LogP contribution in [0.3, 0.4) is 0 Å². The smallest absolute Gasteiger partial charge is 0.0351 e. The zero-order valence-corrected chi connectivity index (χ0v) is 9.68. The molecule has 0 atom stereocenters. The lowest BCUT2D eigenvalue weighted by Gasteiger charge is -2.20. The fourth-order valence-corrected chi connectivity index (χ4v) is 2.45. The number of alkyl halides is 1. The van der Waals surface area contributed by atoms with Gasteiger partial charge < -0.3 is 9.80 Å². The Hall–Kier alpha value is 0.210. The first kappa shape index (κ1) is 10.7. The number of rotatable bonds is 4. The minimum atomic E-state index is 0.780. The minimum Gasteiger partial charge on any atom is -0.302 e. The van der Waals surface area contributed by atoms with Gasteiger partial charge in [0.2, 0.25) is 0 Å². The minimum absolute atomic E-state index is 0.780. The van der Waals surface area contributed by atoms with E-state index < -0.39 is 0 Å². The van der Waals surface area contributed by atoms with Crippen molar-refractivity contribution in [1.82, 2.24) is 9.80 Å². The summed E-state index contributed by atoms with van der Waals surface area (Å²) in [5.74, 6) is 1.82. The maximum atomic E-state index is 5.76. The van der Waals surface area contributed by atoms with E-state index in [9.17, 15) is 0 Å². The predicted octanol–water partition coefficient (Wildman–Crippen LogP) is 1.64. The highest BCUT2D eigenvalue weighted by Crippen LogP contribution is 2.29. The van der Waals surface area contributed by atoms with Gasteiger partial charge in [0.15, 0.2) is 0 Å². The zero-order chi connectivity index (χ0) is 9.80. The molecule has 2 nitrogen and oxygen atoms in total. The highest BCUT2D eigenvalue weighted by Gasteiger charge is 2.25. The molecular formula is C11H21ClN2. The summed E-state index contributed by atoms with van der Waals surface area (Å²) in [6.45, 7) is 7.45. The molecule has 2 aliphatic rings. The van der Waals surface area contributed by atoms with Crippen LogP contribution in [0.2, 0.25) is 0 Å². The molecule has 82 valence electrons. The molecule has 1 saturated carbocycles. The van der Waals surface area contributed by atoms with Gasteiger partial charge in [0.25, 0.3) is 0 Å². The Bertz CT molecular complexity index is 171. The summed E-state index contributed by atoms with van der Waals surface area (Å²) in [7, 11) is 0. The van der Waals surface area contributed by atoms with Gasteiger partial charge in [0.1, 0.15) is 0 Å². The van der Waals surface area contributed by atoms with E-state index in [2.05, 4.69) is 9.80 Å². The van der Waals surface area contributed by atoms with E-state index >= 15 is 0 Å². The molecule has 0 spiro atoms. The summed E-state index contributed by atoms with van der Waals surface area (Å²) in [5, 5.41) is 0. The first-order valence-corrected chi connectivity index (χ1v) is 6.42. The lowest BCUT2D eigenvalue weighted by molar-refractivity contribution is 0.256. The second-order valence-electron chi connectivity index (χ2n) is 4.63. The number of hydrogen-bond acceptors (Lipinski definition) is 2. The summed E-state index contributed by atoms with van der Waals surface area (Å²) < 4.78 is 0. The first-order chi connectivity index (χ1) is 6.88. The number of hydrogen-bond donors (Lipinski definition) is 0. The molecule has 1 aliphatic carbocycles. The van der Waals surface area contributed by atoms with Gasteiger partial charge in [0, 0.05) is 32.1 Å². The maximum absolute atomic E-state index is 5.76. The van der Waals surface area contributed by atoms with Crippen molar-refractivity contribution < 1.29 is 0 Å². The Morgan fingerprint density at radius 2 is 1.71 bits per heavy atom. The normalized spacial score (nSPS) is 26.4. The van der Waals surface area contributed by atoms with E-state index in [0.29, 0.717) is 0 Å². The van der Waals surface area contributed by atoms with E-state index in [0.717, 1.165) is 18.3 Å². The van der Waals surface area contributed by atoms with Crippen LogP contribution in [0.4, 0.5) is 0 Å². The molecule has 1 heterocycles. The van der Waals surface area contributed by atoms with E-state index in [1.165, 1.54) is 52.0 Å². The highest BCUT2D eigenvalue weighted by atomic mass is 35.5. The SMILES string of the molecule is ClCCN1CCCN(CC2CC2)CC1. The molecule has 0 amide bonds. The van der Waals surface area contributed by atoms with Crippen molar-refractivity contribution in [2.24, 2.45) is 5.92 Å². The highest BCUT2D eigenvalue weighted by molar-refractivity contribution is 6.18. The molecule has 2 fully saturated rings. The predicted molar refractivity (Wildman–Crippen MR) is 60.9 cm³/mol. The average molecular weight is 217 g/mol. The molecule has 1 aliphatic heterocycles. The Kier molecular flexibility index (Phi) is 4.09. The van der Waals surface area contributed by atoms with Gasteiger partial charge >= 0.3 is 0 Å². The molecule has 0 aromatic carbocycles. The van der Waals surface area contributed by atoms with Gasteiger partial charge in [-0.15, -0.1) is 11.6 Å². The number of halogens is 1. The van der Waals surface area contributed by atoms with Crippen molar-refractivity contribution in [2.45, 2.75) is 19.3 Å². The largest absolute Gasteiger partial charge is 0.302 e. The van der Waals surface area contributed by atoms with Crippen molar-refractivity contribution >= 4 is 11.6 Å². The summed E-state index contributed by atoms with van der Waals surface area (Å²) in [6, 6.07) is 0. The molecule has 0 aromatic heterocycles. The van der Waals surface area contributed by atoms with Crippen molar-refractivity contribution in [2.75, 3.05) is 45.1 Å². The Morgan fingerprint density at radius 1 is 1.00 bits per heavy atom. The van der Waals surface area contributed by atoms with Gasteiger partial charge in [-0.1, -0.05) is 0 Å². The van der Waals surface area contributed by atoms with Crippen LogP contribution in [-0.2, 0) is 0 Å². The molecule has 0 N–H and O–H groups in total. The third-order valence-corrected chi connectivity index (χ3v) is 3.46. The second-order valence-corrected chi connectivity index (χ2v) is 5.01. The fraction of sp³-hybridized carbons (Fsp3) is 1.00. The van der Waals surface area contributed by atoms with Crippen molar-refractivity contribution in [3.63, 3.8) is 0 Å². The Labute approximate surface area is 92.2 Å². The summed E-state index contributed by atoms with van der Waals surface area (Å²) in [5.41, 5.74) is 0. The molecule has 2 rings (SSSR count). The molecular weight excluding hydrogens is 196 g/mol. The fourth-order valence-electron chi connectivity index (χ4n) is 2.22. The molecule has 1 saturated heterocycles. The van der Waals surface area contributed by atoms with Crippen LogP contribution in [0.25, 0.3) is 0 Å². The van der Waals surface area contributed by atoms with Gasteiger partial charge in [-0.25, -0.2) is 0 Å². The van der Waals surface area contributed by atoms with Crippen LogP contribution in [-0.4, -0.2) is 54.9 Å². The lowest BCUT2D eigenvalue weighted by Crippen LogP contribution is -2.32. The van der Waals surface area contributed by atoms with Gasteiger partial charge in [-0.05, 0) is 38.3 Å². The first-order valence-electron chi connectivity index (χ1n) is 5.89. The van der Waals surface area contributed by atoms with Crippen LogP contribution in [0.15, 0.2) is 0 Å². The lowest BCUT2D eigenvalue weighted by atomic mass is 10.3. The van der Waals surface area contributed by atoms with Gasteiger partial charge in [-0.2, -0.15) is 0 Å². The third-order valence-electron chi connectivity index (χ3n) is 3.30. The van der Waals surface area contributed by atoms with E-state index in [1.807, 2.05) is 0 Å². The molecule has 0 bridgehead atoms. The molecule has 14 heavy (non-hydrogen) atoms. The van der Waals surface area contributed by atoms with E-state index in [-0.39, 0.29) is 0 Å². The zero-order valence-electron chi connectivity index (χ0n) is 8.92. The van der Waals surface area contributed by atoms with Crippen molar-refractivity contribution in [1.29, 1.82) is 0 Å². The standard InChI is InChI=1S/C11H21ClN2/c12-4-7-13-5-1-6-14(9-8-13)10-11-2-3-11/h11H,1-10H2. The van der Waals surface area contributed by atoms with Crippen LogP contribution in [0.1, 0.15) is 19.3 Å². The van der Waals surface area contributed by atoms with E-state index in [4.69, 9.17) is 11.6 Å². The van der Waals surface area contributed by atoms with Gasteiger partial charge in [0.05, 0.1) is 0 Å². The van der Waals surface area contributed by atoms with Crippen molar-refractivity contribution in [3.8, 4) is 0 Å². The molecule has 0 aromatic rings. The molecule has 0 unspecified atom stereocenters. The van der Waals surface area contributed by atoms with Crippen LogP contribution >= 0.6 is 11.6 Å². The van der Waals surface area contributed by atoms with Crippen LogP contribution in [0.5, 0.6) is 0 Å².